The molecule has 1 aliphatic carbocycles. The largest absolute Gasteiger partial charge is 0.297 e. The zero-order valence-electron chi connectivity index (χ0n) is 10.6. The number of rotatable bonds is 3. The minimum Gasteiger partial charge on any atom is -0.297 e. The molecule has 0 aromatic carbocycles. The number of hydrogen-bond donors (Lipinski definition) is 0. The highest BCUT2D eigenvalue weighted by Gasteiger charge is 2.24. The zero-order chi connectivity index (χ0) is 12.3. The van der Waals surface area contributed by atoms with Crippen LogP contribution in [0.15, 0.2) is 12.4 Å². The lowest BCUT2D eigenvalue weighted by Crippen LogP contribution is -2.38. The highest BCUT2D eigenvalue weighted by Crippen LogP contribution is 2.27. The molecule has 2 unspecified atom stereocenters. The van der Waals surface area contributed by atoms with Crippen LogP contribution in [0.1, 0.15) is 38.3 Å². The van der Waals surface area contributed by atoms with Crippen molar-refractivity contribution in [2.45, 2.75) is 45.2 Å². The molecule has 1 aliphatic rings. The summed E-state index contributed by atoms with van der Waals surface area (Å²) in [6, 6.07) is 0.682. The average molecular weight is 254 g/mol. The minimum absolute atomic E-state index is 0.461. The van der Waals surface area contributed by atoms with Crippen LogP contribution in [0.5, 0.6) is 0 Å². The maximum absolute atomic E-state index is 5.73. The molecule has 2 rings (SSSR count). The molecule has 0 bridgehead atoms. The van der Waals surface area contributed by atoms with Crippen LogP contribution >= 0.6 is 11.6 Å². The van der Waals surface area contributed by atoms with Crippen molar-refractivity contribution >= 4 is 11.6 Å². The van der Waals surface area contributed by atoms with Gasteiger partial charge in [0.2, 0.25) is 0 Å². The van der Waals surface area contributed by atoms with Crippen LogP contribution in [0.4, 0.5) is 0 Å². The third kappa shape index (κ3) is 3.39. The summed E-state index contributed by atoms with van der Waals surface area (Å²) < 4.78 is 0. The van der Waals surface area contributed by atoms with E-state index < -0.39 is 0 Å². The molecule has 0 spiro atoms. The third-order valence-electron chi connectivity index (χ3n) is 3.72. The predicted octanol–water partition coefficient (Wildman–Crippen LogP) is 3.14. The summed E-state index contributed by atoms with van der Waals surface area (Å²) in [5.74, 6) is 0.786. The van der Waals surface area contributed by atoms with E-state index in [9.17, 15) is 0 Å². The summed E-state index contributed by atoms with van der Waals surface area (Å²) in [5, 5.41) is 0.461. The molecule has 1 aromatic rings. The Morgan fingerprint density at radius 1 is 1.29 bits per heavy atom. The van der Waals surface area contributed by atoms with Crippen molar-refractivity contribution in [2.75, 3.05) is 7.05 Å². The Hall–Kier alpha value is -0.670. The average Bonchev–Trinajstić information content (AvgIpc) is 2.32. The first-order valence-corrected chi connectivity index (χ1v) is 6.71. The van der Waals surface area contributed by atoms with E-state index in [1.165, 1.54) is 25.7 Å². The SMILES string of the molecule is CC1CCCCC1N(C)Cc1cnc(Cl)cn1. The quantitative estimate of drug-likeness (QED) is 0.829. The maximum atomic E-state index is 5.73. The predicted molar refractivity (Wildman–Crippen MR) is 69.9 cm³/mol. The first kappa shape index (κ1) is 12.8. The van der Waals surface area contributed by atoms with Gasteiger partial charge in [-0.25, -0.2) is 4.98 Å². The van der Waals surface area contributed by atoms with E-state index in [1.54, 1.807) is 12.4 Å². The van der Waals surface area contributed by atoms with Crippen molar-refractivity contribution in [3.63, 3.8) is 0 Å². The molecule has 0 saturated heterocycles. The van der Waals surface area contributed by atoms with Crippen molar-refractivity contribution in [1.29, 1.82) is 0 Å². The molecule has 0 aliphatic heterocycles. The monoisotopic (exact) mass is 253 g/mol. The smallest absolute Gasteiger partial charge is 0.147 e. The summed E-state index contributed by atoms with van der Waals surface area (Å²) in [7, 11) is 2.18. The maximum Gasteiger partial charge on any atom is 0.147 e. The Bertz CT molecular complexity index is 352. The summed E-state index contributed by atoms with van der Waals surface area (Å²) in [5.41, 5.74) is 0.995. The van der Waals surface area contributed by atoms with Crippen LogP contribution in [-0.2, 0) is 6.54 Å². The van der Waals surface area contributed by atoms with E-state index in [0.717, 1.165) is 18.2 Å². The van der Waals surface area contributed by atoms with Crippen molar-refractivity contribution in [3.8, 4) is 0 Å². The van der Waals surface area contributed by atoms with Gasteiger partial charge in [-0.1, -0.05) is 31.4 Å². The minimum atomic E-state index is 0.461. The standard InChI is InChI=1S/C13H20ClN3/c1-10-5-3-4-6-12(10)17(2)9-11-7-16-13(14)8-15-11/h7-8,10,12H,3-6,9H2,1-2H3. The highest BCUT2D eigenvalue weighted by molar-refractivity contribution is 6.29. The molecule has 0 radical (unpaired) electrons. The molecule has 94 valence electrons. The first-order valence-electron chi connectivity index (χ1n) is 6.33. The third-order valence-corrected chi connectivity index (χ3v) is 3.91. The summed E-state index contributed by atoms with van der Waals surface area (Å²) >= 11 is 5.73. The van der Waals surface area contributed by atoms with Crippen LogP contribution < -0.4 is 0 Å². The fraction of sp³-hybridized carbons (Fsp3) is 0.692. The molecule has 0 N–H and O–H groups in total. The number of aromatic nitrogens is 2. The number of halogens is 1. The van der Waals surface area contributed by atoms with Crippen LogP contribution in [0.25, 0.3) is 0 Å². The Morgan fingerprint density at radius 2 is 2.06 bits per heavy atom. The van der Waals surface area contributed by atoms with E-state index in [1.807, 2.05) is 0 Å². The lowest BCUT2D eigenvalue weighted by atomic mass is 9.85. The van der Waals surface area contributed by atoms with Crippen LogP contribution in [0.3, 0.4) is 0 Å². The van der Waals surface area contributed by atoms with Gasteiger partial charge in [0, 0.05) is 12.6 Å². The fourth-order valence-electron chi connectivity index (χ4n) is 2.74. The Labute approximate surface area is 108 Å². The summed E-state index contributed by atoms with van der Waals surface area (Å²) in [6.45, 7) is 3.22. The van der Waals surface area contributed by atoms with Crippen LogP contribution in [0, 0.1) is 5.92 Å². The molecular weight excluding hydrogens is 234 g/mol. The molecule has 1 aromatic heterocycles. The van der Waals surface area contributed by atoms with Crippen molar-refractivity contribution in [2.24, 2.45) is 5.92 Å². The van der Waals surface area contributed by atoms with Gasteiger partial charge in [-0.3, -0.25) is 9.88 Å². The van der Waals surface area contributed by atoms with Crippen LogP contribution in [-0.4, -0.2) is 28.0 Å². The molecule has 4 heteroatoms. The van der Waals surface area contributed by atoms with Gasteiger partial charge in [0.1, 0.15) is 5.15 Å². The Balaban J connectivity index is 1.95. The molecule has 0 amide bonds. The van der Waals surface area contributed by atoms with Gasteiger partial charge in [-0.15, -0.1) is 0 Å². The number of hydrogen-bond acceptors (Lipinski definition) is 3. The van der Waals surface area contributed by atoms with Crippen molar-refractivity contribution in [1.82, 2.24) is 14.9 Å². The highest BCUT2D eigenvalue weighted by atomic mass is 35.5. The van der Waals surface area contributed by atoms with E-state index in [0.29, 0.717) is 11.2 Å². The van der Waals surface area contributed by atoms with Crippen molar-refractivity contribution in [3.05, 3.63) is 23.2 Å². The van der Waals surface area contributed by atoms with E-state index >= 15 is 0 Å². The van der Waals surface area contributed by atoms with Gasteiger partial charge in [-0.05, 0) is 25.8 Å². The van der Waals surface area contributed by atoms with Gasteiger partial charge in [-0.2, -0.15) is 0 Å². The summed E-state index contributed by atoms with van der Waals surface area (Å²) in [4.78, 5) is 10.8. The second-order valence-electron chi connectivity index (χ2n) is 5.07. The fourth-order valence-corrected chi connectivity index (χ4v) is 2.84. The lowest BCUT2D eigenvalue weighted by Gasteiger charge is -2.36. The molecular formula is C13H20ClN3. The molecule has 1 fully saturated rings. The molecule has 3 nitrogen and oxygen atoms in total. The molecule has 2 atom stereocenters. The van der Waals surface area contributed by atoms with E-state index in [4.69, 9.17) is 11.6 Å². The van der Waals surface area contributed by atoms with E-state index in [2.05, 4.69) is 28.8 Å². The molecule has 17 heavy (non-hydrogen) atoms. The van der Waals surface area contributed by atoms with Gasteiger partial charge in [0.25, 0.3) is 0 Å². The van der Waals surface area contributed by atoms with Gasteiger partial charge >= 0.3 is 0 Å². The second kappa shape index (κ2) is 5.78. The second-order valence-corrected chi connectivity index (χ2v) is 5.46. The zero-order valence-corrected chi connectivity index (χ0v) is 11.3. The van der Waals surface area contributed by atoms with Crippen molar-refractivity contribution < 1.29 is 0 Å². The normalized spacial score (nSPS) is 25.2. The van der Waals surface area contributed by atoms with Gasteiger partial charge in [0.15, 0.2) is 0 Å². The Kier molecular flexibility index (Phi) is 4.35. The molecule has 1 saturated carbocycles. The van der Waals surface area contributed by atoms with E-state index in [-0.39, 0.29) is 0 Å². The molecule has 1 heterocycles. The summed E-state index contributed by atoms with van der Waals surface area (Å²) in [6.07, 6.45) is 8.78. The first-order chi connectivity index (χ1) is 8.16. The Morgan fingerprint density at radius 3 is 2.71 bits per heavy atom. The van der Waals surface area contributed by atoms with Gasteiger partial charge < -0.3 is 0 Å². The van der Waals surface area contributed by atoms with Crippen LogP contribution in [0.2, 0.25) is 5.15 Å². The van der Waals surface area contributed by atoms with Gasteiger partial charge in [0.05, 0.1) is 18.1 Å². The topological polar surface area (TPSA) is 29.0 Å². The number of nitrogens with zero attached hydrogens (tertiary/aromatic N) is 3. The lowest BCUT2D eigenvalue weighted by molar-refractivity contribution is 0.132.